The summed E-state index contributed by atoms with van der Waals surface area (Å²) in [6, 6.07) is 9.55. The number of amides is 1. The summed E-state index contributed by atoms with van der Waals surface area (Å²) < 4.78 is 1.09. The van der Waals surface area contributed by atoms with E-state index in [2.05, 4.69) is 10.3 Å². The monoisotopic (exact) mass is 499 g/mol. The Kier molecular flexibility index (Phi) is 8.21. The maximum Gasteiger partial charge on any atom is 0.310 e. The Bertz CT molecular complexity index is 1350. The largest absolute Gasteiger partial charge is 0.481 e. The van der Waals surface area contributed by atoms with Gasteiger partial charge >= 0.3 is 5.97 Å². The second kappa shape index (κ2) is 11.0. The van der Waals surface area contributed by atoms with Gasteiger partial charge in [0.05, 0.1) is 30.1 Å². The van der Waals surface area contributed by atoms with Gasteiger partial charge in [0.25, 0.3) is 11.5 Å². The van der Waals surface area contributed by atoms with Crippen LogP contribution < -0.4 is 10.9 Å². The van der Waals surface area contributed by atoms with Crippen LogP contribution in [0, 0.1) is 13.8 Å². The summed E-state index contributed by atoms with van der Waals surface area (Å²) in [5.41, 5.74) is 1.66. The molecule has 0 aliphatic rings. The van der Waals surface area contributed by atoms with Crippen LogP contribution >= 0.6 is 0 Å². The molecule has 3 rings (SSSR count). The fourth-order valence-electron chi connectivity index (χ4n) is 3.70. The molecule has 0 saturated heterocycles. The number of anilines is 1. The number of benzene rings is 2. The van der Waals surface area contributed by atoms with E-state index in [0.717, 1.165) is 15.7 Å². The topological polar surface area (TPSA) is 182 Å². The summed E-state index contributed by atoms with van der Waals surface area (Å²) >= 11 is 0. The van der Waals surface area contributed by atoms with Gasteiger partial charge in [-0.25, -0.2) is 4.98 Å². The number of nitrogens with one attached hydrogen (secondary N) is 1. The molecule has 1 heterocycles. The van der Waals surface area contributed by atoms with E-state index >= 15 is 0 Å². The zero-order valence-electron chi connectivity index (χ0n) is 20.0. The summed E-state index contributed by atoms with van der Waals surface area (Å²) in [5, 5.41) is 51.1. The van der Waals surface area contributed by atoms with Crippen LogP contribution in [0.3, 0.4) is 0 Å². The molecule has 0 radical (unpaired) electrons. The molecule has 1 amide bonds. The zero-order valence-corrected chi connectivity index (χ0v) is 20.0. The van der Waals surface area contributed by atoms with Gasteiger partial charge in [0.2, 0.25) is 0 Å². The normalized spacial score (nSPS) is 14.8. The fourth-order valence-corrected chi connectivity index (χ4v) is 3.70. The average Bonchev–Trinajstić information content (AvgIpc) is 2.85. The van der Waals surface area contributed by atoms with Gasteiger partial charge in [0.15, 0.2) is 5.69 Å². The third-order valence-corrected chi connectivity index (χ3v) is 6.14. The molecule has 11 nitrogen and oxygen atoms in total. The molecule has 11 heteroatoms. The third-order valence-electron chi connectivity index (χ3n) is 6.14. The first-order valence-electron chi connectivity index (χ1n) is 11.3. The zero-order chi connectivity index (χ0) is 26.7. The van der Waals surface area contributed by atoms with E-state index in [4.69, 9.17) is 5.11 Å². The highest BCUT2D eigenvalue weighted by molar-refractivity contribution is 6.03. The SMILES string of the molecule is Cc1cc2nc(C(=O)Nc3cccc(C(C)C(=O)O)c3)c(=O)n(C[C@H](O)[C@H](O)[C@H](O)CO)c2cc1C. The lowest BCUT2D eigenvalue weighted by molar-refractivity contribution is -0.138. The van der Waals surface area contributed by atoms with E-state index < -0.39 is 60.5 Å². The number of hydrogen-bond acceptors (Lipinski definition) is 8. The number of aliphatic hydroxyl groups excluding tert-OH is 4. The van der Waals surface area contributed by atoms with E-state index in [0.29, 0.717) is 16.6 Å². The predicted octanol–water partition coefficient (Wildman–Crippen LogP) is 0.529. The molecule has 0 saturated carbocycles. The van der Waals surface area contributed by atoms with Crippen LogP contribution in [0.2, 0.25) is 0 Å². The molecule has 0 fully saturated rings. The highest BCUT2D eigenvalue weighted by atomic mass is 16.4. The molecule has 1 aromatic heterocycles. The molecule has 0 aliphatic heterocycles. The molecule has 2 aromatic carbocycles. The standard InChI is InChI=1S/C25H29N3O8/c1-12-7-17-18(8-13(12)2)28(10-19(30)22(32)20(31)11-29)24(34)21(27-17)23(33)26-16-6-4-5-15(9-16)14(3)25(35)36/h4-9,14,19-20,22,29-32H,10-11H2,1-3H3,(H,26,33)(H,35,36)/t14?,19-,20+,22-/m0/s1. The van der Waals surface area contributed by atoms with Gasteiger partial charge in [-0.15, -0.1) is 0 Å². The van der Waals surface area contributed by atoms with Crippen molar-refractivity contribution in [3.8, 4) is 0 Å². The molecular weight excluding hydrogens is 470 g/mol. The average molecular weight is 500 g/mol. The van der Waals surface area contributed by atoms with Crippen LogP contribution in [0.5, 0.6) is 0 Å². The minimum absolute atomic E-state index is 0.264. The molecule has 3 aromatic rings. The van der Waals surface area contributed by atoms with Crippen LogP contribution in [0.1, 0.15) is 40.0 Å². The van der Waals surface area contributed by atoms with E-state index in [1.54, 1.807) is 30.3 Å². The van der Waals surface area contributed by atoms with Crippen molar-refractivity contribution in [2.45, 2.75) is 51.5 Å². The van der Waals surface area contributed by atoms with Crippen molar-refractivity contribution >= 4 is 28.6 Å². The highest BCUT2D eigenvalue weighted by Gasteiger charge is 2.27. The molecule has 0 spiro atoms. The number of aliphatic carboxylic acids is 1. The number of carbonyl (C=O) groups excluding carboxylic acids is 1. The number of hydrogen-bond donors (Lipinski definition) is 6. The Morgan fingerprint density at radius 2 is 1.72 bits per heavy atom. The second-order valence-electron chi connectivity index (χ2n) is 8.75. The van der Waals surface area contributed by atoms with Crippen LogP contribution in [0.4, 0.5) is 5.69 Å². The maximum atomic E-state index is 13.3. The van der Waals surface area contributed by atoms with E-state index in [9.17, 15) is 34.8 Å². The van der Waals surface area contributed by atoms with Crippen LogP contribution in [-0.2, 0) is 11.3 Å². The molecular formula is C25H29N3O8. The van der Waals surface area contributed by atoms with Gasteiger partial charge in [0, 0.05) is 5.69 Å². The van der Waals surface area contributed by atoms with Crippen molar-refractivity contribution in [1.29, 1.82) is 0 Å². The number of nitrogens with zero attached hydrogens (tertiary/aromatic N) is 2. The molecule has 192 valence electrons. The Morgan fingerprint density at radius 3 is 2.36 bits per heavy atom. The lowest BCUT2D eigenvalue weighted by Gasteiger charge is -2.23. The van der Waals surface area contributed by atoms with Gasteiger partial charge in [-0.05, 0) is 61.7 Å². The number of fused-ring (bicyclic) bond motifs is 1. The number of carbonyl (C=O) groups is 2. The first-order valence-corrected chi connectivity index (χ1v) is 11.3. The lowest BCUT2D eigenvalue weighted by atomic mass is 10.0. The molecule has 0 aliphatic carbocycles. The Labute approximate surface area is 206 Å². The van der Waals surface area contributed by atoms with Crippen LogP contribution in [0.25, 0.3) is 11.0 Å². The smallest absolute Gasteiger partial charge is 0.310 e. The summed E-state index contributed by atoms with van der Waals surface area (Å²) in [6.07, 6.45) is -5.01. The molecule has 6 N–H and O–H groups in total. The first kappa shape index (κ1) is 27.0. The summed E-state index contributed by atoms with van der Waals surface area (Å²) in [5.74, 6) is -2.69. The van der Waals surface area contributed by atoms with E-state index in [1.165, 1.54) is 13.0 Å². The number of carboxylic acids is 1. The quantitative estimate of drug-likeness (QED) is 0.245. The summed E-state index contributed by atoms with van der Waals surface area (Å²) in [6.45, 7) is 3.87. The van der Waals surface area contributed by atoms with Crippen LogP contribution in [0.15, 0.2) is 41.2 Å². The minimum atomic E-state index is -1.74. The first-order chi connectivity index (χ1) is 16.9. The Hall–Kier alpha value is -3.64. The number of carboxylic acid groups (broad SMARTS) is 1. The maximum absolute atomic E-state index is 13.3. The van der Waals surface area contributed by atoms with Crippen molar-refractivity contribution in [1.82, 2.24) is 9.55 Å². The second-order valence-corrected chi connectivity index (χ2v) is 8.75. The van der Waals surface area contributed by atoms with Gasteiger partial charge < -0.3 is 35.4 Å². The van der Waals surface area contributed by atoms with Crippen molar-refractivity contribution in [3.63, 3.8) is 0 Å². The fraction of sp³-hybridized carbons (Fsp3) is 0.360. The molecule has 0 bridgehead atoms. The number of aryl methyl sites for hydroxylation is 2. The van der Waals surface area contributed by atoms with Gasteiger partial charge in [0.1, 0.15) is 18.3 Å². The Morgan fingerprint density at radius 1 is 1.06 bits per heavy atom. The van der Waals surface area contributed by atoms with Gasteiger partial charge in [-0.1, -0.05) is 12.1 Å². The van der Waals surface area contributed by atoms with Crippen molar-refractivity contribution < 1.29 is 35.1 Å². The Balaban J connectivity index is 2.06. The number of aliphatic hydroxyl groups is 4. The van der Waals surface area contributed by atoms with Crippen molar-refractivity contribution in [3.05, 3.63) is 69.1 Å². The van der Waals surface area contributed by atoms with Gasteiger partial charge in [-0.2, -0.15) is 0 Å². The summed E-state index contributed by atoms with van der Waals surface area (Å²) in [7, 11) is 0. The van der Waals surface area contributed by atoms with E-state index in [-0.39, 0.29) is 5.69 Å². The van der Waals surface area contributed by atoms with E-state index in [1.807, 2.05) is 13.8 Å². The number of rotatable bonds is 9. The third kappa shape index (κ3) is 5.60. The van der Waals surface area contributed by atoms with Crippen molar-refractivity contribution in [2.75, 3.05) is 11.9 Å². The van der Waals surface area contributed by atoms with Crippen LogP contribution in [-0.4, -0.2) is 71.9 Å². The molecule has 4 atom stereocenters. The summed E-state index contributed by atoms with van der Waals surface area (Å²) in [4.78, 5) is 42.0. The van der Waals surface area contributed by atoms with Gasteiger partial charge in [-0.3, -0.25) is 14.4 Å². The predicted molar refractivity (Wildman–Crippen MR) is 131 cm³/mol. The minimum Gasteiger partial charge on any atom is -0.481 e. The molecule has 1 unspecified atom stereocenters. The van der Waals surface area contributed by atoms with Crippen molar-refractivity contribution in [2.24, 2.45) is 0 Å². The lowest BCUT2D eigenvalue weighted by Crippen LogP contribution is -2.44. The highest BCUT2D eigenvalue weighted by Crippen LogP contribution is 2.21. The number of aromatic nitrogens is 2. The molecule has 36 heavy (non-hydrogen) atoms.